The van der Waals surface area contributed by atoms with Crippen molar-refractivity contribution in [3.05, 3.63) is 0 Å². The van der Waals surface area contributed by atoms with Gasteiger partial charge in [-0.15, -0.1) is 0 Å². The molecule has 0 saturated carbocycles. The number of nitrogens with zero attached hydrogens (tertiary/aromatic N) is 2. The summed E-state index contributed by atoms with van der Waals surface area (Å²) in [5.74, 6) is 0. The van der Waals surface area contributed by atoms with Gasteiger partial charge in [0.1, 0.15) is 5.60 Å². The molecule has 1 fully saturated rings. The van der Waals surface area contributed by atoms with Gasteiger partial charge < -0.3 is 14.7 Å². The molecule has 1 saturated heterocycles. The topological polar surface area (TPSA) is 73.6 Å². The fraction of sp³-hybridized carbons (Fsp3) is 0.833. The molecule has 1 atom stereocenters. The largest absolute Gasteiger partial charge is 0.444 e. The van der Waals surface area contributed by atoms with Gasteiger partial charge >= 0.3 is 6.09 Å². The average Bonchev–Trinajstić information content (AvgIpc) is 2.14. The summed E-state index contributed by atoms with van der Waals surface area (Å²) in [5, 5.41) is 18.8. The normalized spacial score (nSPS) is 25.2. The van der Waals surface area contributed by atoms with E-state index in [9.17, 15) is 9.90 Å². The standard InChI is InChI=1S/C12H20N2O3/c1-11(2,3)17-10(15)14-8-4-5-12(16,9-14)6-7-13/h16H,4-6,8-9H2,1-3H3. The maximum absolute atomic E-state index is 11.8. The summed E-state index contributed by atoms with van der Waals surface area (Å²) in [6.07, 6.45) is 0.873. The molecule has 0 aliphatic carbocycles. The van der Waals surface area contributed by atoms with Crippen LogP contribution in [0.25, 0.3) is 0 Å². The van der Waals surface area contributed by atoms with Gasteiger partial charge in [0.25, 0.3) is 0 Å². The monoisotopic (exact) mass is 240 g/mol. The summed E-state index contributed by atoms with van der Waals surface area (Å²) >= 11 is 0. The lowest BCUT2D eigenvalue weighted by atomic mass is 9.90. The van der Waals surface area contributed by atoms with Crippen molar-refractivity contribution in [1.29, 1.82) is 5.26 Å². The number of ether oxygens (including phenoxy) is 1. The van der Waals surface area contributed by atoms with E-state index < -0.39 is 17.3 Å². The van der Waals surface area contributed by atoms with Crippen LogP contribution >= 0.6 is 0 Å². The Hall–Kier alpha value is -1.28. The van der Waals surface area contributed by atoms with Gasteiger partial charge in [-0.2, -0.15) is 5.26 Å². The molecule has 1 N–H and O–H groups in total. The van der Waals surface area contributed by atoms with Crippen molar-refractivity contribution in [3.63, 3.8) is 0 Å². The predicted molar refractivity (Wildman–Crippen MR) is 62.2 cm³/mol. The summed E-state index contributed by atoms with van der Waals surface area (Å²) in [7, 11) is 0. The number of likely N-dealkylation sites (tertiary alicyclic amines) is 1. The number of rotatable bonds is 1. The maximum Gasteiger partial charge on any atom is 0.410 e. The Bertz CT molecular complexity index is 330. The van der Waals surface area contributed by atoms with Gasteiger partial charge in [-0.05, 0) is 33.6 Å². The first-order valence-corrected chi connectivity index (χ1v) is 5.83. The third kappa shape index (κ3) is 4.23. The first-order valence-electron chi connectivity index (χ1n) is 5.83. The molecule has 0 aromatic rings. The molecule has 1 amide bonds. The lowest BCUT2D eigenvalue weighted by Gasteiger charge is -2.38. The molecule has 1 heterocycles. The number of carbonyl (C=O) groups excluding carboxylic acids is 1. The molecule has 0 radical (unpaired) electrons. The molecule has 0 spiro atoms. The Morgan fingerprint density at radius 3 is 2.76 bits per heavy atom. The van der Waals surface area contributed by atoms with Gasteiger partial charge in [0.05, 0.1) is 24.6 Å². The third-order valence-corrected chi connectivity index (χ3v) is 2.62. The molecular weight excluding hydrogens is 220 g/mol. The lowest BCUT2D eigenvalue weighted by molar-refractivity contribution is -0.0402. The van der Waals surface area contributed by atoms with Crippen LogP contribution in [-0.4, -0.2) is 40.4 Å². The summed E-state index contributed by atoms with van der Waals surface area (Å²) < 4.78 is 5.24. The highest BCUT2D eigenvalue weighted by Crippen LogP contribution is 2.25. The molecule has 1 rings (SSSR count). The fourth-order valence-corrected chi connectivity index (χ4v) is 1.89. The molecule has 1 aliphatic heterocycles. The van der Waals surface area contributed by atoms with Gasteiger partial charge in [-0.1, -0.05) is 0 Å². The molecule has 0 aromatic carbocycles. The van der Waals surface area contributed by atoms with Gasteiger partial charge in [0, 0.05) is 6.54 Å². The van der Waals surface area contributed by atoms with Crippen molar-refractivity contribution < 1.29 is 14.6 Å². The van der Waals surface area contributed by atoms with Crippen LogP contribution in [-0.2, 0) is 4.74 Å². The van der Waals surface area contributed by atoms with Gasteiger partial charge in [0.2, 0.25) is 0 Å². The van der Waals surface area contributed by atoms with Crippen LogP contribution in [0, 0.1) is 11.3 Å². The van der Waals surface area contributed by atoms with Crippen molar-refractivity contribution in [2.24, 2.45) is 0 Å². The molecule has 5 nitrogen and oxygen atoms in total. The van der Waals surface area contributed by atoms with Crippen LogP contribution in [0.15, 0.2) is 0 Å². The Morgan fingerprint density at radius 2 is 2.24 bits per heavy atom. The van der Waals surface area contributed by atoms with Crippen LogP contribution in [0.5, 0.6) is 0 Å². The van der Waals surface area contributed by atoms with E-state index in [1.807, 2.05) is 6.07 Å². The van der Waals surface area contributed by atoms with E-state index in [2.05, 4.69) is 0 Å². The number of aliphatic hydroxyl groups is 1. The van der Waals surface area contributed by atoms with E-state index in [1.54, 1.807) is 20.8 Å². The molecule has 17 heavy (non-hydrogen) atoms. The number of carbonyl (C=O) groups is 1. The van der Waals surface area contributed by atoms with Gasteiger partial charge in [-0.25, -0.2) is 4.79 Å². The average molecular weight is 240 g/mol. The second kappa shape index (κ2) is 4.92. The van der Waals surface area contributed by atoms with E-state index in [1.165, 1.54) is 4.90 Å². The van der Waals surface area contributed by atoms with Crippen molar-refractivity contribution in [3.8, 4) is 6.07 Å². The zero-order valence-electron chi connectivity index (χ0n) is 10.7. The predicted octanol–water partition coefficient (Wildman–Crippen LogP) is 1.66. The lowest BCUT2D eigenvalue weighted by Crippen LogP contribution is -2.51. The maximum atomic E-state index is 11.8. The minimum atomic E-state index is -1.08. The molecule has 0 bridgehead atoms. The van der Waals surface area contributed by atoms with E-state index in [-0.39, 0.29) is 13.0 Å². The zero-order chi connectivity index (χ0) is 13.1. The summed E-state index contributed by atoms with van der Waals surface area (Å²) in [5.41, 5.74) is -1.62. The first kappa shape index (κ1) is 13.8. The van der Waals surface area contributed by atoms with E-state index in [0.717, 1.165) is 0 Å². The van der Waals surface area contributed by atoms with Gasteiger partial charge in [-0.3, -0.25) is 0 Å². The number of hydrogen-bond acceptors (Lipinski definition) is 4. The van der Waals surface area contributed by atoms with Crippen molar-refractivity contribution in [2.45, 2.75) is 51.2 Å². The van der Waals surface area contributed by atoms with Crippen LogP contribution in [0.4, 0.5) is 4.79 Å². The van der Waals surface area contributed by atoms with Crippen LogP contribution in [0.2, 0.25) is 0 Å². The highest BCUT2D eigenvalue weighted by Gasteiger charge is 2.36. The number of nitriles is 1. The fourth-order valence-electron chi connectivity index (χ4n) is 1.89. The van der Waals surface area contributed by atoms with Crippen molar-refractivity contribution in [2.75, 3.05) is 13.1 Å². The molecule has 1 aliphatic rings. The summed E-state index contributed by atoms with van der Waals surface area (Å²) in [6.45, 7) is 6.15. The Balaban J connectivity index is 2.61. The highest BCUT2D eigenvalue weighted by atomic mass is 16.6. The zero-order valence-corrected chi connectivity index (χ0v) is 10.7. The minimum absolute atomic E-state index is 0.0479. The Morgan fingerprint density at radius 1 is 1.59 bits per heavy atom. The second-order valence-electron chi connectivity index (χ2n) is 5.56. The van der Waals surface area contributed by atoms with Crippen molar-refractivity contribution >= 4 is 6.09 Å². The number of β-amino-alcohol motifs (C(OH)–C–C–N with tert-alkyl or cyclic N) is 1. The first-order chi connectivity index (χ1) is 7.76. The number of hydrogen-bond donors (Lipinski definition) is 1. The molecule has 1 unspecified atom stereocenters. The van der Waals surface area contributed by atoms with E-state index in [0.29, 0.717) is 19.4 Å². The van der Waals surface area contributed by atoms with Crippen molar-refractivity contribution in [1.82, 2.24) is 4.90 Å². The summed E-state index contributed by atoms with van der Waals surface area (Å²) in [4.78, 5) is 13.3. The Labute approximate surface area is 102 Å². The quantitative estimate of drug-likeness (QED) is 0.756. The van der Waals surface area contributed by atoms with Gasteiger partial charge in [0.15, 0.2) is 0 Å². The highest BCUT2D eigenvalue weighted by molar-refractivity contribution is 5.68. The third-order valence-electron chi connectivity index (χ3n) is 2.62. The SMILES string of the molecule is CC(C)(C)OC(=O)N1CCCC(O)(CC#N)C1. The molecule has 0 aromatic heterocycles. The van der Waals surface area contributed by atoms with E-state index >= 15 is 0 Å². The number of amides is 1. The van der Waals surface area contributed by atoms with Crippen LogP contribution < -0.4 is 0 Å². The summed E-state index contributed by atoms with van der Waals surface area (Å²) in [6, 6.07) is 1.96. The molecule has 5 heteroatoms. The van der Waals surface area contributed by atoms with Crippen LogP contribution in [0.1, 0.15) is 40.0 Å². The molecular formula is C12H20N2O3. The molecule has 96 valence electrons. The Kier molecular flexibility index (Phi) is 3.99. The second-order valence-corrected chi connectivity index (χ2v) is 5.56. The van der Waals surface area contributed by atoms with Crippen LogP contribution in [0.3, 0.4) is 0 Å². The minimum Gasteiger partial charge on any atom is -0.444 e. The smallest absolute Gasteiger partial charge is 0.410 e. The van der Waals surface area contributed by atoms with E-state index in [4.69, 9.17) is 10.00 Å². The number of piperidine rings is 1.